The molecule has 24 heavy (non-hydrogen) atoms. The zero-order valence-corrected chi connectivity index (χ0v) is 14.6. The van der Waals surface area contributed by atoms with Gasteiger partial charge in [-0.3, -0.25) is 9.59 Å². The van der Waals surface area contributed by atoms with Crippen LogP contribution in [-0.4, -0.2) is 24.4 Å². The summed E-state index contributed by atoms with van der Waals surface area (Å²) in [5.41, 5.74) is 0.970. The summed E-state index contributed by atoms with van der Waals surface area (Å²) in [6, 6.07) is 13.4. The van der Waals surface area contributed by atoms with Crippen molar-refractivity contribution < 1.29 is 9.59 Å². The van der Waals surface area contributed by atoms with E-state index in [1.807, 2.05) is 42.5 Å². The molecule has 2 amide bonds. The predicted molar refractivity (Wildman–Crippen MR) is 97.7 cm³/mol. The van der Waals surface area contributed by atoms with Crippen LogP contribution in [0.3, 0.4) is 0 Å². The molecule has 0 aliphatic carbocycles. The molecule has 2 aromatic carbocycles. The van der Waals surface area contributed by atoms with Crippen molar-refractivity contribution in [3.8, 4) is 0 Å². The molecule has 0 radical (unpaired) electrons. The highest BCUT2D eigenvalue weighted by atomic mass is 16.2. The zero-order chi connectivity index (χ0) is 17.5. The van der Waals surface area contributed by atoms with Crippen molar-refractivity contribution in [1.82, 2.24) is 10.6 Å². The Morgan fingerprint density at radius 3 is 2.46 bits per heavy atom. The van der Waals surface area contributed by atoms with E-state index < -0.39 is 6.04 Å². The van der Waals surface area contributed by atoms with Gasteiger partial charge >= 0.3 is 0 Å². The summed E-state index contributed by atoms with van der Waals surface area (Å²) in [5, 5.41) is 7.83. The summed E-state index contributed by atoms with van der Waals surface area (Å²) in [6.45, 7) is 6.58. The minimum absolute atomic E-state index is 0.137. The number of fused-ring (bicyclic) bond motifs is 1. The van der Waals surface area contributed by atoms with Gasteiger partial charge in [0.2, 0.25) is 11.8 Å². The van der Waals surface area contributed by atoms with Crippen LogP contribution >= 0.6 is 0 Å². The molecule has 2 aromatic rings. The molecule has 0 spiro atoms. The van der Waals surface area contributed by atoms with Crippen LogP contribution in [-0.2, 0) is 16.0 Å². The van der Waals surface area contributed by atoms with E-state index in [2.05, 4.69) is 24.5 Å². The van der Waals surface area contributed by atoms with Gasteiger partial charge in [0.15, 0.2) is 0 Å². The lowest BCUT2D eigenvalue weighted by Gasteiger charge is -2.15. The average molecular weight is 326 g/mol. The van der Waals surface area contributed by atoms with Crippen molar-refractivity contribution in [3.05, 3.63) is 48.0 Å². The van der Waals surface area contributed by atoms with E-state index >= 15 is 0 Å². The molecular weight excluding hydrogens is 300 g/mol. The first kappa shape index (κ1) is 18.0. The van der Waals surface area contributed by atoms with Gasteiger partial charge in [-0.25, -0.2) is 0 Å². The van der Waals surface area contributed by atoms with Crippen LogP contribution in [0.1, 0.15) is 32.8 Å². The second-order valence-electron chi connectivity index (χ2n) is 6.58. The van der Waals surface area contributed by atoms with Crippen molar-refractivity contribution in [2.24, 2.45) is 5.92 Å². The number of carbonyl (C=O) groups excluding carboxylic acids is 2. The van der Waals surface area contributed by atoms with E-state index in [1.54, 1.807) is 6.92 Å². The fraction of sp³-hybridized carbons (Fsp3) is 0.400. The SMILES string of the molecule is CC(C)CCNC(=O)[C@H](C)NC(=O)Cc1cccc2ccccc12. The van der Waals surface area contributed by atoms with E-state index in [1.165, 1.54) is 0 Å². The molecule has 0 aliphatic heterocycles. The average Bonchev–Trinajstić information content (AvgIpc) is 2.54. The fourth-order valence-corrected chi connectivity index (χ4v) is 2.61. The molecule has 128 valence electrons. The van der Waals surface area contributed by atoms with Gasteiger partial charge in [0.25, 0.3) is 0 Å². The Hall–Kier alpha value is -2.36. The largest absolute Gasteiger partial charge is 0.354 e. The van der Waals surface area contributed by atoms with E-state index in [4.69, 9.17) is 0 Å². The summed E-state index contributed by atoms with van der Waals surface area (Å²) in [5.74, 6) is 0.265. The highest BCUT2D eigenvalue weighted by Gasteiger charge is 2.16. The lowest BCUT2D eigenvalue weighted by atomic mass is 10.0. The molecule has 4 heteroatoms. The van der Waals surface area contributed by atoms with Gasteiger partial charge in [-0.05, 0) is 35.6 Å². The van der Waals surface area contributed by atoms with Gasteiger partial charge in [-0.1, -0.05) is 56.3 Å². The van der Waals surface area contributed by atoms with Crippen molar-refractivity contribution in [2.75, 3.05) is 6.54 Å². The lowest BCUT2D eigenvalue weighted by Crippen LogP contribution is -2.45. The van der Waals surface area contributed by atoms with Gasteiger partial charge in [0, 0.05) is 6.54 Å². The van der Waals surface area contributed by atoms with Crippen LogP contribution in [0.4, 0.5) is 0 Å². The Morgan fingerprint density at radius 1 is 1.00 bits per heavy atom. The predicted octanol–water partition coefficient (Wildman–Crippen LogP) is 3.05. The number of nitrogens with one attached hydrogen (secondary N) is 2. The second-order valence-corrected chi connectivity index (χ2v) is 6.58. The highest BCUT2D eigenvalue weighted by Crippen LogP contribution is 2.18. The normalized spacial score (nSPS) is 12.2. The van der Waals surface area contributed by atoms with Crippen LogP contribution in [0.5, 0.6) is 0 Å². The number of hydrogen-bond donors (Lipinski definition) is 2. The molecule has 0 unspecified atom stereocenters. The minimum Gasteiger partial charge on any atom is -0.354 e. The first-order valence-electron chi connectivity index (χ1n) is 8.51. The van der Waals surface area contributed by atoms with Gasteiger partial charge in [-0.15, -0.1) is 0 Å². The Kier molecular flexibility index (Phi) is 6.36. The molecule has 4 nitrogen and oxygen atoms in total. The second kappa shape index (κ2) is 8.48. The Bertz CT molecular complexity index is 704. The third-order valence-electron chi connectivity index (χ3n) is 4.02. The van der Waals surface area contributed by atoms with Gasteiger partial charge in [-0.2, -0.15) is 0 Å². The van der Waals surface area contributed by atoms with Crippen LogP contribution in [0.25, 0.3) is 10.8 Å². The third kappa shape index (κ3) is 5.08. The lowest BCUT2D eigenvalue weighted by molar-refractivity contribution is -0.128. The molecule has 0 heterocycles. The molecule has 2 N–H and O–H groups in total. The smallest absolute Gasteiger partial charge is 0.242 e. The molecule has 0 saturated carbocycles. The summed E-state index contributed by atoms with van der Waals surface area (Å²) < 4.78 is 0. The highest BCUT2D eigenvalue weighted by molar-refractivity contribution is 5.92. The molecule has 1 atom stereocenters. The number of rotatable bonds is 7. The van der Waals surface area contributed by atoms with Crippen molar-refractivity contribution in [3.63, 3.8) is 0 Å². The maximum absolute atomic E-state index is 12.3. The van der Waals surface area contributed by atoms with Crippen LogP contribution in [0, 0.1) is 5.92 Å². The Labute approximate surface area is 143 Å². The standard InChI is InChI=1S/C20H26N2O2/c1-14(2)11-12-21-20(24)15(3)22-19(23)13-17-9-6-8-16-7-4-5-10-18(16)17/h4-10,14-15H,11-13H2,1-3H3,(H,21,24)(H,22,23)/t15-/m0/s1. The van der Waals surface area contributed by atoms with Gasteiger partial charge in [0.1, 0.15) is 6.04 Å². The zero-order valence-electron chi connectivity index (χ0n) is 14.6. The number of amides is 2. The third-order valence-corrected chi connectivity index (χ3v) is 4.02. The molecular formula is C20H26N2O2. The summed E-state index contributed by atoms with van der Waals surface area (Å²) >= 11 is 0. The molecule has 0 aliphatic rings. The van der Waals surface area contributed by atoms with Crippen LogP contribution in [0.15, 0.2) is 42.5 Å². The first-order chi connectivity index (χ1) is 11.5. The Morgan fingerprint density at radius 2 is 1.71 bits per heavy atom. The van der Waals surface area contributed by atoms with E-state index in [0.717, 1.165) is 22.8 Å². The number of benzene rings is 2. The minimum atomic E-state index is -0.528. The summed E-state index contributed by atoms with van der Waals surface area (Å²) in [6.07, 6.45) is 1.20. The molecule has 0 bridgehead atoms. The quantitative estimate of drug-likeness (QED) is 0.821. The van der Waals surface area contributed by atoms with Gasteiger partial charge in [0.05, 0.1) is 6.42 Å². The van der Waals surface area contributed by atoms with E-state index in [-0.39, 0.29) is 18.2 Å². The molecule has 0 saturated heterocycles. The monoisotopic (exact) mass is 326 g/mol. The number of carbonyl (C=O) groups is 2. The van der Waals surface area contributed by atoms with Gasteiger partial charge < -0.3 is 10.6 Å². The summed E-state index contributed by atoms with van der Waals surface area (Å²) in [4.78, 5) is 24.3. The van der Waals surface area contributed by atoms with Crippen molar-refractivity contribution in [1.29, 1.82) is 0 Å². The Balaban J connectivity index is 1.91. The first-order valence-corrected chi connectivity index (χ1v) is 8.51. The maximum Gasteiger partial charge on any atom is 0.242 e. The maximum atomic E-state index is 12.3. The topological polar surface area (TPSA) is 58.2 Å². The van der Waals surface area contributed by atoms with Crippen molar-refractivity contribution >= 4 is 22.6 Å². The van der Waals surface area contributed by atoms with E-state index in [9.17, 15) is 9.59 Å². The van der Waals surface area contributed by atoms with Crippen molar-refractivity contribution in [2.45, 2.75) is 39.7 Å². The fourth-order valence-electron chi connectivity index (χ4n) is 2.61. The van der Waals surface area contributed by atoms with Crippen LogP contribution < -0.4 is 10.6 Å². The molecule has 0 fully saturated rings. The van der Waals surface area contributed by atoms with Crippen LogP contribution in [0.2, 0.25) is 0 Å². The molecule has 0 aromatic heterocycles. The molecule has 2 rings (SSSR count). The summed E-state index contributed by atoms with van der Waals surface area (Å²) in [7, 11) is 0. The number of hydrogen-bond acceptors (Lipinski definition) is 2. The van der Waals surface area contributed by atoms with E-state index in [0.29, 0.717) is 12.5 Å².